The first-order valence-corrected chi connectivity index (χ1v) is 5.01. The van der Waals surface area contributed by atoms with Crippen LogP contribution in [-0.2, 0) is 0 Å². The topological polar surface area (TPSA) is 0 Å². The first kappa shape index (κ1) is 7.60. The minimum absolute atomic E-state index is 0.943. The molecule has 0 aromatic rings. The summed E-state index contributed by atoms with van der Waals surface area (Å²) in [6, 6.07) is 0.943. The minimum atomic E-state index is 0.943. The fourth-order valence-corrected chi connectivity index (χ4v) is 3.03. The maximum atomic E-state index is 2.45. The van der Waals surface area contributed by atoms with Crippen LogP contribution in [0.1, 0.15) is 27.2 Å². The van der Waals surface area contributed by atoms with Crippen LogP contribution in [0.15, 0.2) is 0 Å². The van der Waals surface area contributed by atoms with Gasteiger partial charge in [-0.25, -0.2) is 0 Å². The highest BCUT2D eigenvalue weighted by Crippen LogP contribution is 2.40. The van der Waals surface area contributed by atoms with Gasteiger partial charge in [-0.3, -0.25) is 0 Å². The van der Waals surface area contributed by atoms with E-state index in [4.69, 9.17) is 0 Å². The summed E-state index contributed by atoms with van der Waals surface area (Å²) >= 11 is 0. The van der Waals surface area contributed by atoms with Crippen LogP contribution in [0.2, 0.25) is 0 Å². The molecule has 0 aromatic heterocycles. The third kappa shape index (κ3) is 0.868. The highest BCUT2D eigenvalue weighted by atomic mass is 15.4. The zero-order valence-electron chi connectivity index (χ0n) is 8.01. The van der Waals surface area contributed by atoms with Crippen LogP contribution in [0, 0.1) is 11.8 Å². The van der Waals surface area contributed by atoms with Crippen molar-refractivity contribution in [3.63, 3.8) is 0 Å². The van der Waals surface area contributed by atoms with E-state index in [1.165, 1.54) is 30.5 Å². The largest absolute Gasteiger partial charge is 0.321 e. The Balaban J connectivity index is 2.14. The van der Waals surface area contributed by atoms with Gasteiger partial charge in [0.2, 0.25) is 0 Å². The molecule has 3 unspecified atom stereocenters. The van der Waals surface area contributed by atoms with Gasteiger partial charge in [0, 0.05) is 18.3 Å². The Bertz CT molecular complexity index is 160. The molecule has 3 atom stereocenters. The summed E-state index contributed by atoms with van der Waals surface area (Å²) in [4.78, 5) is 0. The molecule has 1 nitrogen and oxygen atoms in total. The molecule has 1 heteroatoms. The fourth-order valence-electron chi connectivity index (χ4n) is 3.03. The summed E-state index contributed by atoms with van der Waals surface area (Å²) in [5.41, 5.74) is 0. The van der Waals surface area contributed by atoms with Gasteiger partial charge in [-0.05, 0) is 6.92 Å². The molecule has 2 aliphatic heterocycles. The summed E-state index contributed by atoms with van der Waals surface area (Å²) in [5, 5.41) is 0. The zero-order chi connectivity index (χ0) is 8.06. The van der Waals surface area contributed by atoms with E-state index in [9.17, 15) is 0 Å². The van der Waals surface area contributed by atoms with Crippen LogP contribution >= 0.6 is 0 Å². The van der Waals surface area contributed by atoms with E-state index in [0.29, 0.717) is 0 Å². The van der Waals surface area contributed by atoms with Crippen molar-refractivity contribution in [3.05, 3.63) is 0 Å². The van der Waals surface area contributed by atoms with E-state index in [1.807, 2.05) is 0 Å². The van der Waals surface area contributed by atoms with Crippen molar-refractivity contribution in [2.24, 2.45) is 11.8 Å². The fraction of sp³-hybridized carbons (Fsp3) is 1.00. The molecule has 0 N–H and O–H groups in total. The lowest BCUT2D eigenvalue weighted by atomic mass is 9.95. The summed E-state index contributed by atoms with van der Waals surface area (Å²) in [7, 11) is 0. The van der Waals surface area contributed by atoms with Gasteiger partial charge in [0.05, 0.1) is 25.7 Å². The van der Waals surface area contributed by atoms with Crippen LogP contribution in [0.5, 0.6) is 0 Å². The van der Waals surface area contributed by atoms with Gasteiger partial charge in [0.1, 0.15) is 0 Å². The summed E-state index contributed by atoms with van der Waals surface area (Å²) < 4.78 is 1.46. The standard InChI is InChI=1S/C10H20N/c1-8-7-11(5-4-6-11)10(3)9(8)2/h8-10H,4-7H2,1-3H3/q+1. The van der Waals surface area contributed by atoms with Crippen LogP contribution < -0.4 is 0 Å². The van der Waals surface area contributed by atoms with E-state index in [-0.39, 0.29) is 0 Å². The quantitative estimate of drug-likeness (QED) is 0.467. The second kappa shape index (κ2) is 2.22. The Kier molecular flexibility index (Phi) is 1.54. The average molecular weight is 154 g/mol. The molecule has 2 heterocycles. The van der Waals surface area contributed by atoms with Crippen LogP contribution in [0.4, 0.5) is 0 Å². The molecule has 2 saturated heterocycles. The number of rotatable bonds is 0. The number of nitrogens with zero attached hydrogens (tertiary/aromatic N) is 1. The molecule has 1 spiro atoms. The normalized spacial score (nSPS) is 47.7. The second-order valence-electron chi connectivity index (χ2n) is 4.78. The molecule has 64 valence electrons. The maximum Gasteiger partial charge on any atom is 0.0892 e. The Morgan fingerprint density at radius 2 is 1.73 bits per heavy atom. The molecule has 2 fully saturated rings. The number of quaternary nitrogens is 1. The van der Waals surface area contributed by atoms with Crippen LogP contribution in [0.3, 0.4) is 0 Å². The van der Waals surface area contributed by atoms with Gasteiger partial charge in [-0.1, -0.05) is 13.8 Å². The van der Waals surface area contributed by atoms with Crippen LogP contribution in [0.25, 0.3) is 0 Å². The van der Waals surface area contributed by atoms with E-state index < -0.39 is 0 Å². The Morgan fingerprint density at radius 1 is 1.09 bits per heavy atom. The molecule has 2 rings (SSSR count). The molecule has 0 aliphatic carbocycles. The summed E-state index contributed by atoms with van der Waals surface area (Å²) in [6.45, 7) is 11.7. The third-order valence-electron chi connectivity index (χ3n) is 4.38. The Labute approximate surface area is 70.0 Å². The maximum absolute atomic E-state index is 2.45. The van der Waals surface area contributed by atoms with Crippen molar-refractivity contribution >= 4 is 0 Å². The third-order valence-corrected chi connectivity index (χ3v) is 4.38. The molecular formula is C10H20N+. The van der Waals surface area contributed by atoms with Crippen molar-refractivity contribution in [1.29, 1.82) is 0 Å². The van der Waals surface area contributed by atoms with Gasteiger partial charge in [-0.2, -0.15) is 0 Å². The number of hydrogen-bond acceptors (Lipinski definition) is 0. The van der Waals surface area contributed by atoms with Crippen LogP contribution in [-0.4, -0.2) is 30.2 Å². The second-order valence-corrected chi connectivity index (χ2v) is 4.78. The van der Waals surface area contributed by atoms with Crippen molar-refractivity contribution in [2.75, 3.05) is 19.6 Å². The van der Waals surface area contributed by atoms with Crippen molar-refractivity contribution in [2.45, 2.75) is 33.2 Å². The predicted molar refractivity (Wildman–Crippen MR) is 47.3 cm³/mol. The molecule has 0 bridgehead atoms. The molecule has 0 radical (unpaired) electrons. The Hall–Kier alpha value is -0.0400. The monoisotopic (exact) mass is 154 g/mol. The van der Waals surface area contributed by atoms with Crippen molar-refractivity contribution in [1.82, 2.24) is 0 Å². The molecule has 0 aromatic carbocycles. The first-order valence-electron chi connectivity index (χ1n) is 5.01. The minimum Gasteiger partial charge on any atom is -0.321 e. The van der Waals surface area contributed by atoms with Crippen molar-refractivity contribution < 1.29 is 4.48 Å². The first-order chi connectivity index (χ1) is 5.16. The van der Waals surface area contributed by atoms with Gasteiger partial charge < -0.3 is 4.48 Å². The molecule has 0 amide bonds. The van der Waals surface area contributed by atoms with Gasteiger partial charge in [-0.15, -0.1) is 0 Å². The highest BCUT2D eigenvalue weighted by Gasteiger charge is 2.50. The molecule has 0 saturated carbocycles. The highest BCUT2D eigenvalue weighted by molar-refractivity contribution is 4.80. The number of hydrogen-bond donors (Lipinski definition) is 0. The Morgan fingerprint density at radius 3 is 1.91 bits per heavy atom. The molecular weight excluding hydrogens is 134 g/mol. The van der Waals surface area contributed by atoms with E-state index >= 15 is 0 Å². The van der Waals surface area contributed by atoms with E-state index in [1.54, 1.807) is 0 Å². The van der Waals surface area contributed by atoms with Crippen molar-refractivity contribution in [3.8, 4) is 0 Å². The predicted octanol–water partition coefficient (Wildman–Crippen LogP) is 1.88. The van der Waals surface area contributed by atoms with E-state index in [2.05, 4.69) is 20.8 Å². The summed E-state index contributed by atoms with van der Waals surface area (Å²) in [6.07, 6.45) is 1.48. The lowest BCUT2D eigenvalue weighted by Crippen LogP contribution is -2.60. The van der Waals surface area contributed by atoms with Gasteiger partial charge in [0.15, 0.2) is 0 Å². The summed E-state index contributed by atoms with van der Waals surface area (Å²) in [5.74, 6) is 1.92. The van der Waals surface area contributed by atoms with Gasteiger partial charge in [0.25, 0.3) is 0 Å². The zero-order valence-corrected chi connectivity index (χ0v) is 8.01. The molecule has 2 aliphatic rings. The average Bonchev–Trinajstić information content (AvgIpc) is 2.12. The van der Waals surface area contributed by atoms with Gasteiger partial charge >= 0.3 is 0 Å². The van der Waals surface area contributed by atoms with E-state index in [0.717, 1.165) is 17.9 Å². The SMILES string of the molecule is CC1C[N+]2(CCC2)C(C)C1C. The lowest BCUT2D eigenvalue weighted by Gasteiger charge is -2.46. The smallest absolute Gasteiger partial charge is 0.0892 e. The molecule has 11 heavy (non-hydrogen) atoms. The lowest BCUT2D eigenvalue weighted by molar-refractivity contribution is -0.975.